The average molecular weight is 354 g/mol. The molecule has 25 heavy (non-hydrogen) atoms. The van der Waals surface area contributed by atoms with Gasteiger partial charge in [-0.2, -0.15) is 18.2 Å². The first-order chi connectivity index (χ1) is 11.8. The number of carbonyl (C=O) groups is 1. The van der Waals surface area contributed by atoms with Crippen LogP contribution in [-0.4, -0.2) is 42.4 Å². The predicted molar refractivity (Wildman–Crippen MR) is 86.2 cm³/mol. The largest absolute Gasteiger partial charge is 0.481 e. The highest BCUT2D eigenvalue weighted by molar-refractivity contribution is 5.98. The van der Waals surface area contributed by atoms with Crippen LogP contribution in [0.15, 0.2) is 24.3 Å². The lowest BCUT2D eigenvalue weighted by Gasteiger charge is -2.34. The van der Waals surface area contributed by atoms with Crippen molar-refractivity contribution in [2.45, 2.75) is 19.0 Å². The normalized spacial score (nSPS) is 16.2. The third-order valence-corrected chi connectivity index (χ3v) is 4.50. The van der Waals surface area contributed by atoms with E-state index in [1.807, 2.05) is 0 Å². The van der Waals surface area contributed by atoms with Crippen LogP contribution in [0, 0.1) is 5.92 Å². The Morgan fingerprint density at radius 1 is 1.28 bits per heavy atom. The summed E-state index contributed by atoms with van der Waals surface area (Å²) in [6.45, 7) is 0.472. The monoisotopic (exact) mass is 354 g/mol. The van der Waals surface area contributed by atoms with Crippen molar-refractivity contribution >= 4 is 22.6 Å². The summed E-state index contributed by atoms with van der Waals surface area (Å²) >= 11 is 0. The number of halogens is 3. The molecule has 2 heterocycles. The fraction of sp³-hybridized carbons (Fsp3) is 0.412. The lowest BCUT2D eigenvalue weighted by atomic mass is 9.96. The highest BCUT2D eigenvalue weighted by atomic mass is 19.4. The van der Waals surface area contributed by atoms with Gasteiger partial charge in [-0.05, 0) is 36.4 Å². The number of nitrogens with zero attached hydrogens (tertiary/aromatic N) is 2. The third-order valence-electron chi connectivity index (χ3n) is 4.50. The molecule has 1 fully saturated rings. The highest BCUT2D eigenvalue weighted by Gasteiger charge is 2.41. The maximum Gasteiger partial charge on any atom is 0.391 e. The number of pyridine rings is 1. The second-order valence-electron chi connectivity index (χ2n) is 6.03. The standard InChI is InChI=1S/C17H17F3N2O3/c1-25-14-9-11-8-10(16(23)24)2-3-13(11)15(21-14)22-6-4-12(5-7-22)17(18,19)20/h2-3,8-9,12H,4-7H2,1H3,(H,23,24). The van der Waals surface area contributed by atoms with Crippen LogP contribution in [0.3, 0.4) is 0 Å². The number of piperidine rings is 1. The van der Waals surface area contributed by atoms with Crippen molar-refractivity contribution < 1.29 is 27.8 Å². The lowest BCUT2D eigenvalue weighted by Crippen LogP contribution is -2.39. The molecule has 2 aromatic rings. The summed E-state index contributed by atoms with van der Waals surface area (Å²) in [5.74, 6) is -1.53. The summed E-state index contributed by atoms with van der Waals surface area (Å²) < 4.78 is 43.7. The number of benzene rings is 1. The number of rotatable bonds is 3. The zero-order valence-electron chi connectivity index (χ0n) is 13.5. The van der Waals surface area contributed by atoms with Crippen molar-refractivity contribution in [1.29, 1.82) is 0 Å². The second kappa shape index (κ2) is 6.42. The van der Waals surface area contributed by atoms with Crippen LogP contribution in [-0.2, 0) is 0 Å². The molecule has 0 aliphatic carbocycles. The number of carboxylic acids is 1. The van der Waals surface area contributed by atoms with Crippen LogP contribution >= 0.6 is 0 Å². The van der Waals surface area contributed by atoms with Gasteiger partial charge in [0.05, 0.1) is 18.6 Å². The van der Waals surface area contributed by atoms with E-state index in [9.17, 15) is 18.0 Å². The smallest absolute Gasteiger partial charge is 0.391 e. The molecule has 0 radical (unpaired) electrons. The summed E-state index contributed by atoms with van der Waals surface area (Å²) in [6.07, 6.45) is -4.15. The number of anilines is 1. The van der Waals surface area contributed by atoms with E-state index in [1.165, 1.54) is 19.2 Å². The van der Waals surface area contributed by atoms with Gasteiger partial charge in [0.1, 0.15) is 5.82 Å². The molecule has 1 N–H and O–H groups in total. The lowest BCUT2D eigenvalue weighted by molar-refractivity contribution is -0.179. The molecule has 8 heteroatoms. The average Bonchev–Trinajstić information content (AvgIpc) is 2.59. The van der Waals surface area contributed by atoms with Gasteiger partial charge in [0.15, 0.2) is 0 Å². The van der Waals surface area contributed by atoms with Gasteiger partial charge in [-0.25, -0.2) is 4.79 Å². The Morgan fingerprint density at radius 2 is 1.96 bits per heavy atom. The van der Waals surface area contributed by atoms with Gasteiger partial charge in [0, 0.05) is 24.5 Å². The number of fused-ring (bicyclic) bond motifs is 1. The molecule has 1 aromatic carbocycles. The molecule has 1 aromatic heterocycles. The van der Waals surface area contributed by atoms with Crippen molar-refractivity contribution in [2.75, 3.05) is 25.1 Å². The molecule has 1 saturated heterocycles. The SMILES string of the molecule is COc1cc2cc(C(=O)O)ccc2c(N2CCC(C(F)(F)F)CC2)n1. The third kappa shape index (κ3) is 3.47. The van der Waals surface area contributed by atoms with Gasteiger partial charge in [0.2, 0.25) is 5.88 Å². The molecule has 0 saturated carbocycles. The Labute approximate surface area is 142 Å². The minimum Gasteiger partial charge on any atom is -0.481 e. The van der Waals surface area contributed by atoms with Gasteiger partial charge in [0.25, 0.3) is 0 Å². The van der Waals surface area contributed by atoms with Gasteiger partial charge in [-0.15, -0.1) is 0 Å². The first kappa shape index (κ1) is 17.3. The van der Waals surface area contributed by atoms with Crippen LogP contribution in [0.5, 0.6) is 5.88 Å². The van der Waals surface area contributed by atoms with Crippen LogP contribution in [0.25, 0.3) is 10.8 Å². The number of aromatic carboxylic acids is 1. The van der Waals surface area contributed by atoms with E-state index in [2.05, 4.69) is 4.98 Å². The number of alkyl halides is 3. The van der Waals surface area contributed by atoms with Crippen LogP contribution in [0.1, 0.15) is 23.2 Å². The maximum absolute atomic E-state index is 12.9. The molecule has 0 unspecified atom stereocenters. The summed E-state index contributed by atoms with van der Waals surface area (Å²) in [6, 6.07) is 6.22. The number of carboxylic acid groups (broad SMARTS) is 1. The second-order valence-corrected chi connectivity index (χ2v) is 6.03. The van der Waals surface area contributed by atoms with Crippen molar-refractivity contribution in [3.63, 3.8) is 0 Å². The Hall–Kier alpha value is -2.51. The Morgan fingerprint density at radius 3 is 2.52 bits per heavy atom. The predicted octanol–water partition coefficient (Wildman–Crippen LogP) is 3.72. The molecule has 0 atom stereocenters. The van der Waals surface area contributed by atoms with E-state index in [4.69, 9.17) is 9.84 Å². The Kier molecular flexibility index (Phi) is 4.45. The van der Waals surface area contributed by atoms with Crippen molar-refractivity contribution in [2.24, 2.45) is 5.92 Å². The number of aromatic nitrogens is 1. The topological polar surface area (TPSA) is 62.7 Å². The maximum atomic E-state index is 12.9. The van der Waals surface area contributed by atoms with Gasteiger partial charge in [-0.3, -0.25) is 0 Å². The van der Waals surface area contributed by atoms with Crippen LogP contribution in [0.4, 0.5) is 19.0 Å². The van der Waals surface area contributed by atoms with E-state index in [1.54, 1.807) is 17.0 Å². The summed E-state index contributed by atoms with van der Waals surface area (Å²) in [7, 11) is 1.44. The van der Waals surface area contributed by atoms with E-state index in [0.29, 0.717) is 22.5 Å². The molecular weight excluding hydrogens is 337 g/mol. The molecule has 0 bridgehead atoms. The van der Waals surface area contributed by atoms with E-state index in [0.717, 1.165) is 0 Å². The number of hydrogen-bond acceptors (Lipinski definition) is 4. The minimum absolute atomic E-state index is 0.0110. The molecule has 134 valence electrons. The molecule has 0 amide bonds. The molecule has 1 aliphatic heterocycles. The summed E-state index contributed by atoms with van der Waals surface area (Å²) in [4.78, 5) is 17.3. The van der Waals surface area contributed by atoms with Gasteiger partial charge in [-0.1, -0.05) is 0 Å². The molecule has 3 rings (SSSR count). The summed E-state index contributed by atoms with van der Waals surface area (Å²) in [5.41, 5.74) is 0.127. The zero-order chi connectivity index (χ0) is 18.2. The van der Waals surface area contributed by atoms with E-state index < -0.39 is 18.1 Å². The quantitative estimate of drug-likeness (QED) is 0.910. The van der Waals surface area contributed by atoms with Crippen molar-refractivity contribution in [3.05, 3.63) is 29.8 Å². The van der Waals surface area contributed by atoms with E-state index in [-0.39, 0.29) is 31.5 Å². The fourth-order valence-corrected chi connectivity index (χ4v) is 3.11. The van der Waals surface area contributed by atoms with E-state index >= 15 is 0 Å². The fourth-order valence-electron chi connectivity index (χ4n) is 3.11. The Balaban J connectivity index is 1.97. The number of ether oxygens (including phenoxy) is 1. The van der Waals surface area contributed by atoms with Gasteiger partial charge >= 0.3 is 12.1 Å². The zero-order valence-corrected chi connectivity index (χ0v) is 13.5. The van der Waals surface area contributed by atoms with Gasteiger partial charge < -0.3 is 14.7 Å². The first-order valence-corrected chi connectivity index (χ1v) is 7.83. The number of hydrogen-bond donors (Lipinski definition) is 1. The first-order valence-electron chi connectivity index (χ1n) is 7.83. The number of methoxy groups -OCH3 is 1. The van der Waals surface area contributed by atoms with Crippen molar-refractivity contribution in [1.82, 2.24) is 4.98 Å². The van der Waals surface area contributed by atoms with Crippen molar-refractivity contribution in [3.8, 4) is 5.88 Å². The minimum atomic E-state index is -4.17. The highest BCUT2D eigenvalue weighted by Crippen LogP contribution is 2.37. The van der Waals surface area contributed by atoms with Crippen LogP contribution < -0.4 is 9.64 Å². The molecular formula is C17H17F3N2O3. The Bertz CT molecular complexity index is 800. The summed E-state index contributed by atoms with van der Waals surface area (Å²) in [5, 5.41) is 10.4. The molecule has 0 spiro atoms. The molecule has 1 aliphatic rings. The molecule has 5 nitrogen and oxygen atoms in total. The van der Waals surface area contributed by atoms with Crippen LogP contribution in [0.2, 0.25) is 0 Å².